The molecule has 0 unspecified atom stereocenters. The molecule has 5 rings (SSSR count). The van der Waals surface area contributed by atoms with Crippen molar-refractivity contribution in [3.05, 3.63) is 42.0 Å². The normalized spacial score (nSPS) is 14.9. The van der Waals surface area contributed by atoms with E-state index in [-0.39, 0.29) is 5.91 Å². The third kappa shape index (κ3) is 7.75. The van der Waals surface area contributed by atoms with Crippen LogP contribution in [0.5, 0.6) is 17.2 Å². The molecule has 0 radical (unpaired) electrons. The van der Waals surface area contributed by atoms with Crippen LogP contribution in [-0.4, -0.2) is 80.9 Å². The van der Waals surface area contributed by atoms with E-state index in [0.29, 0.717) is 56.7 Å². The summed E-state index contributed by atoms with van der Waals surface area (Å²) in [6.45, 7) is 11.6. The van der Waals surface area contributed by atoms with Gasteiger partial charge in [0.2, 0.25) is 11.9 Å². The summed E-state index contributed by atoms with van der Waals surface area (Å²) in [5, 5.41) is 0.965. The Labute approximate surface area is 250 Å². The lowest BCUT2D eigenvalue weighted by Gasteiger charge is -2.35. The topological polar surface area (TPSA) is 80.3 Å². The maximum atomic E-state index is 13.0. The molecule has 228 valence electrons. The number of hydrogen-bond donors (Lipinski definition) is 0. The average molecular weight is 578 g/mol. The zero-order chi connectivity index (χ0) is 29.9. The summed E-state index contributed by atoms with van der Waals surface area (Å²) in [6, 6.07) is 11.7. The van der Waals surface area contributed by atoms with Crippen LogP contribution in [-0.2, 0) is 11.2 Å². The number of carbonyl (C=O) groups excluding carboxylic acids is 1. The molecule has 3 heterocycles. The minimum absolute atomic E-state index is 0.137. The van der Waals surface area contributed by atoms with Gasteiger partial charge >= 0.3 is 0 Å². The lowest BCUT2D eigenvalue weighted by atomic mass is 10.1. The van der Waals surface area contributed by atoms with E-state index in [9.17, 15) is 4.79 Å². The van der Waals surface area contributed by atoms with Gasteiger partial charge in [-0.05, 0) is 43.5 Å². The van der Waals surface area contributed by atoms with E-state index in [1.54, 1.807) is 14.2 Å². The van der Waals surface area contributed by atoms with Crippen molar-refractivity contribution in [1.29, 1.82) is 0 Å². The number of fused-ring (bicyclic) bond motifs is 1. The number of rotatable bonds is 10. The second kappa shape index (κ2) is 15.5. The summed E-state index contributed by atoms with van der Waals surface area (Å²) in [5.41, 5.74) is 1.83. The van der Waals surface area contributed by atoms with Crippen LogP contribution in [0.15, 0.2) is 36.4 Å². The van der Waals surface area contributed by atoms with Gasteiger partial charge in [0.1, 0.15) is 11.6 Å². The Balaban J connectivity index is 0.000000748. The third-order valence-electron chi connectivity index (χ3n) is 7.79. The minimum Gasteiger partial charge on any atom is -0.494 e. The van der Waals surface area contributed by atoms with Crippen molar-refractivity contribution in [3.8, 4) is 17.2 Å². The molecule has 0 saturated carbocycles. The predicted octanol–water partition coefficient (Wildman–Crippen LogP) is 5.73. The molecule has 9 nitrogen and oxygen atoms in total. The van der Waals surface area contributed by atoms with Crippen molar-refractivity contribution in [2.24, 2.45) is 0 Å². The lowest BCUT2D eigenvalue weighted by molar-refractivity contribution is -0.130. The van der Waals surface area contributed by atoms with E-state index in [1.165, 1.54) is 19.3 Å². The molecule has 9 heteroatoms. The van der Waals surface area contributed by atoms with E-state index >= 15 is 0 Å². The van der Waals surface area contributed by atoms with Crippen molar-refractivity contribution >= 4 is 28.6 Å². The van der Waals surface area contributed by atoms with E-state index < -0.39 is 0 Å². The highest BCUT2D eigenvalue weighted by molar-refractivity contribution is 5.93. The second-order valence-electron chi connectivity index (χ2n) is 10.7. The van der Waals surface area contributed by atoms with Crippen LogP contribution in [0, 0.1) is 0 Å². The van der Waals surface area contributed by atoms with Crippen LogP contribution < -0.4 is 24.0 Å². The van der Waals surface area contributed by atoms with Crippen LogP contribution in [0.4, 0.5) is 11.8 Å². The van der Waals surface area contributed by atoms with Gasteiger partial charge < -0.3 is 28.9 Å². The van der Waals surface area contributed by atoms with E-state index in [1.807, 2.05) is 48.2 Å². The van der Waals surface area contributed by atoms with Gasteiger partial charge in [0.15, 0.2) is 11.5 Å². The molecule has 2 fully saturated rings. The van der Waals surface area contributed by atoms with Gasteiger partial charge in [0, 0.05) is 50.7 Å². The predicted molar refractivity (Wildman–Crippen MR) is 169 cm³/mol. The van der Waals surface area contributed by atoms with Crippen LogP contribution in [0.1, 0.15) is 58.4 Å². The van der Waals surface area contributed by atoms with Gasteiger partial charge in [-0.2, -0.15) is 4.98 Å². The highest BCUT2D eigenvalue weighted by atomic mass is 16.5. The van der Waals surface area contributed by atoms with Crippen molar-refractivity contribution in [2.45, 2.75) is 59.3 Å². The van der Waals surface area contributed by atoms with Crippen molar-refractivity contribution < 1.29 is 19.0 Å². The van der Waals surface area contributed by atoms with Crippen molar-refractivity contribution in [1.82, 2.24) is 14.9 Å². The zero-order valence-electron chi connectivity index (χ0n) is 26.0. The Bertz CT molecular complexity index is 1280. The molecule has 0 atom stereocenters. The van der Waals surface area contributed by atoms with E-state index in [4.69, 9.17) is 24.2 Å². The molecule has 2 aromatic carbocycles. The highest BCUT2D eigenvalue weighted by Gasteiger charge is 2.26. The van der Waals surface area contributed by atoms with Gasteiger partial charge in [-0.25, -0.2) is 4.98 Å². The largest absolute Gasteiger partial charge is 0.494 e. The highest BCUT2D eigenvalue weighted by Crippen LogP contribution is 2.37. The standard InChI is InChI=1S/C28H35N5O4.C5H12/c1-4-37-21-9-7-20(8-10-21)17-26(34)31-13-15-33(16-14-31)28-29-23-19-25(36-3)24(35-2)18-22(23)27(30-28)32-11-5-6-12-32;1-3-5-4-2/h7-10,18-19H,4-6,11-17H2,1-3H3;3-5H2,1-2H3. The molecule has 1 aromatic heterocycles. The first kappa shape index (κ1) is 31.2. The van der Waals surface area contributed by atoms with Gasteiger partial charge in [-0.1, -0.05) is 45.2 Å². The molecule has 42 heavy (non-hydrogen) atoms. The number of methoxy groups -OCH3 is 2. The molecule has 3 aromatic rings. The number of piperazine rings is 1. The van der Waals surface area contributed by atoms with Gasteiger partial charge in [-0.3, -0.25) is 4.79 Å². The molecule has 2 saturated heterocycles. The number of benzene rings is 2. The molecular weight excluding hydrogens is 530 g/mol. The maximum Gasteiger partial charge on any atom is 0.228 e. The molecule has 1 amide bonds. The fourth-order valence-electron chi connectivity index (χ4n) is 5.40. The third-order valence-corrected chi connectivity index (χ3v) is 7.79. The molecule has 2 aliphatic heterocycles. The molecular formula is C33H47N5O4. The van der Waals surface area contributed by atoms with E-state index in [0.717, 1.165) is 54.0 Å². The van der Waals surface area contributed by atoms with E-state index in [2.05, 4.69) is 23.6 Å². The molecule has 0 N–H and O–H groups in total. The Morgan fingerprint density at radius 3 is 2.02 bits per heavy atom. The summed E-state index contributed by atoms with van der Waals surface area (Å²) in [4.78, 5) is 29.3. The summed E-state index contributed by atoms with van der Waals surface area (Å²) < 4.78 is 16.6. The molecule has 2 aliphatic rings. The fraction of sp³-hybridized carbons (Fsp3) is 0.545. The Hall–Kier alpha value is -3.75. The van der Waals surface area contributed by atoms with Crippen LogP contribution >= 0.6 is 0 Å². The summed E-state index contributed by atoms with van der Waals surface area (Å²) in [6.07, 6.45) is 6.78. The second-order valence-corrected chi connectivity index (χ2v) is 10.7. The Morgan fingerprint density at radius 2 is 1.45 bits per heavy atom. The number of amides is 1. The first-order valence-corrected chi connectivity index (χ1v) is 15.4. The minimum atomic E-state index is 0.137. The molecule has 0 spiro atoms. The number of carbonyl (C=O) groups is 1. The number of nitrogens with zero attached hydrogens (tertiary/aromatic N) is 5. The van der Waals surface area contributed by atoms with Gasteiger partial charge in [0.05, 0.1) is 32.8 Å². The first-order chi connectivity index (χ1) is 20.5. The first-order valence-electron chi connectivity index (χ1n) is 15.4. The molecule has 0 aliphatic carbocycles. The van der Waals surface area contributed by atoms with Crippen molar-refractivity contribution in [2.75, 3.05) is 69.9 Å². The summed E-state index contributed by atoms with van der Waals surface area (Å²) >= 11 is 0. The molecule has 0 bridgehead atoms. The Morgan fingerprint density at radius 1 is 0.810 bits per heavy atom. The zero-order valence-corrected chi connectivity index (χ0v) is 26.0. The smallest absolute Gasteiger partial charge is 0.228 e. The fourth-order valence-corrected chi connectivity index (χ4v) is 5.40. The SMILES string of the molecule is CCCCC.CCOc1ccc(CC(=O)N2CCN(c3nc(N4CCCC4)c4cc(OC)c(OC)cc4n3)CC2)cc1. The number of hydrogen-bond acceptors (Lipinski definition) is 8. The number of anilines is 2. The average Bonchev–Trinajstić information content (AvgIpc) is 3.57. The number of aromatic nitrogens is 2. The van der Waals surface area contributed by atoms with Crippen molar-refractivity contribution in [3.63, 3.8) is 0 Å². The summed E-state index contributed by atoms with van der Waals surface area (Å²) in [5.74, 6) is 3.92. The van der Waals surface area contributed by atoms with Gasteiger partial charge in [-0.15, -0.1) is 0 Å². The number of ether oxygens (including phenoxy) is 3. The van der Waals surface area contributed by atoms with Crippen LogP contribution in [0.3, 0.4) is 0 Å². The Kier molecular flexibility index (Phi) is 11.5. The van der Waals surface area contributed by atoms with Gasteiger partial charge in [0.25, 0.3) is 0 Å². The lowest BCUT2D eigenvalue weighted by Crippen LogP contribution is -2.49. The maximum absolute atomic E-state index is 13.0. The quantitative estimate of drug-likeness (QED) is 0.302. The monoisotopic (exact) mass is 577 g/mol. The van der Waals surface area contributed by atoms with Crippen LogP contribution in [0.2, 0.25) is 0 Å². The summed E-state index contributed by atoms with van der Waals surface area (Å²) in [7, 11) is 3.28. The van der Waals surface area contributed by atoms with Crippen LogP contribution in [0.25, 0.3) is 10.9 Å². The number of unbranched alkanes of at least 4 members (excludes halogenated alkanes) is 2.